The summed E-state index contributed by atoms with van der Waals surface area (Å²) in [6, 6.07) is 13.8. The van der Waals surface area contributed by atoms with E-state index in [1.54, 1.807) is 6.07 Å². The van der Waals surface area contributed by atoms with Gasteiger partial charge in [-0.1, -0.05) is 51.8 Å². The summed E-state index contributed by atoms with van der Waals surface area (Å²) < 4.78 is 1.00. The fourth-order valence-corrected chi connectivity index (χ4v) is 2.13. The normalized spacial score (nSPS) is 10.1. The predicted octanol–water partition coefficient (Wildman–Crippen LogP) is 4.24. The SMILES string of the molecule is Cc1cccc(-c2cc(C=O)ccc2Br)c1. The van der Waals surface area contributed by atoms with Crippen molar-refractivity contribution in [1.29, 1.82) is 0 Å². The molecule has 0 bridgehead atoms. The van der Waals surface area contributed by atoms with Gasteiger partial charge in [0.05, 0.1) is 0 Å². The Morgan fingerprint density at radius 1 is 1.12 bits per heavy atom. The van der Waals surface area contributed by atoms with Gasteiger partial charge in [-0.15, -0.1) is 0 Å². The lowest BCUT2D eigenvalue weighted by molar-refractivity contribution is 0.112. The van der Waals surface area contributed by atoms with Gasteiger partial charge < -0.3 is 0 Å². The van der Waals surface area contributed by atoms with Gasteiger partial charge in [-0.25, -0.2) is 0 Å². The van der Waals surface area contributed by atoms with E-state index in [4.69, 9.17) is 0 Å². The monoisotopic (exact) mass is 274 g/mol. The van der Waals surface area contributed by atoms with E-state index in [9.17, 15) is 4.79 Å². The highest BCUT2D eigenvalue weighted by Gasteiger charge is 2.04. The molecule has 2 rings (SSSR count). The molecule has 1 nitrogen and oxygen atoms in total. The van der Waals surface area contributed by atoms with Crippen LogP contribution < -0.4 is 0 Å². The van der Waals surface area contributed by atoms with Crippen LogP contribution in [0, 0.1) is 6.92 Å². The Hall–Kier alpha value is -1.41. The molecular weight excluding hydrogens is 264 g/mol. The second-order valence-electron chi connectivity index (χ2n) is 3.73. The maximum absolute atomic E-state index is 10.8. The minimum atomic E-state index is 0.694. The van der Waals surface area contributed by atoms with Crippen LogP contribution in [-0.4, -0.2) is 6.29 Å². The molecule has 0 radical (unpaired) electrons. The Labute approximate surface area is 103 Å². The highest BCUT2D eigenvalue weighted by molar-refractivity contribution is 9.10. The number of hydrogen-bond acceptors (Lipinski definition) is 1. The molecule has 0 aromatic heterocycles. The second-order valence-corrected chi connectivity index (χ2v) is 4.58. The number of carbonyl (C=O) groups excluding carboxylic acids is 1. The van der Waals surface area contributed by atoms with Crippen molar-refractivity contribution in [3.05, 3.63) is 58.1 Å². The van der Waals surface area contributed by atoms with E-state index in [1.165, 1.54) is 5.56 Å². The van der Waals surface area contributed by atoms with Gasteiger partial charge in [0, 0.05) is 10.0 Å². The van der Waals surface area contributed by atoms with Gasteiger partial charge in [-0.2, -0.15) is 0 Å². The van der Waals surface area contributed by atoms with Crippen LogP contribution in [0.2, 0.25) is 0 Å². The Bertz CT molecular complexity index is 532. The Morgan fingerprint density at radius 2 is 1.94 bits per heavy atom. The van der Waals surface area contributed by atoms with Crippen molar-refractivity contribution in [2.24, 2.45) is 0 Å². The molecule has 0 N–H and O–H groups in total. The zero-order valence-corrected chi connectivity index (χ0v) is 10.5. The predicted molar refractivity (Wildman–Crippen MR) is 69.7 cm³/mol. The highest BCUT2D eigenvalue weighted by Crippen LogP contribution is 2.29. The molecule has 0 atom stereocenters. The Balaban J connectivity index is 2.58. The van der Waals surface area contributed by atoms with Crippen LogP contribution in [0.25, 0.3) is 11.1 Å². The van der Waals surface area contributed by atoms with Crippen LogP contribution in [0.4, 0.5) is 0 Å². The first kappa shape index (κ1) is 11.1. The highest BCUT2D eigenvalue weighted by atomic mass is 79.9. The van der Waals surface area contributed by atoms with Crippen molar-refractivity contribution in [3.8, 4) is 11.1 Å². The van der Waals surface area contributed by atoms with Crippen LogP contribution in [-0.2, 0) is 0 Å². The fourth-order valence-electron chi connectivity index (χ4n) is 1.65. The number of aryl methyl sites for hydroxylation is 1. The van der Waals surface area contributed by atoms with E-state index in [1.807, 2.05) is 24.3 Å². The fraction of sp³-hybridized carbons (Fsp3) is 0.0714. The van der Waals surface area contributed by atoms with Crippen molar-refractivity contribution in [2.45, 2.75) is 6.92 Å². The molecule has 0 saturated heterocycles. The minimum absolute atomic E-state index is 0.694. The first-order valence-electron chi connectivity index (χ1n) is 5.02. The topological polar surface area (TPSA) is 17.1 Å². The first-order valence-corrected chi connectivity index (χ1v) is 5.82. The maximum Gasteiger partial charge on any atom is 0.150 e. The van der Waals surface area contributed by atoms with E-state index in [0.29, 0.717) is 5.56 Å². The summed E-state index contributed by atoms with van der Waals surface area (Å²) in [6.07, 6.45) is 0.867. The lowest BCUT2D eigenvalue weighted by Gasteiger charge is -2.06. The van der Waals surface area contributed by atoms with Crippen molar-refractivity contribution in [2.75, 3.05) is 0 Å². The van der Waals surface area contributed by atoms with Crippen molar-refractivity contribution >= 4 is 22.2 Å². The van der Waals surface area contributed by atoms with Gasteiger partial charge in [-0.3, -0.25) is 4.79 Å². The summed E-state index contributed by atoms with van der Waals surface area (Å²) in [7, 11) is 0. The molecule has 0 aliphatic heterocycles. The zero-order chi connectivity index (χ0) is 11.5. The molecule has 80 valence electrons. The molecule has 2 heteroatoms. The molecule has 0 heterocycles. The molecule has 0 amide bonds. The first-order chi connectivity index (χ1) is 7.70. The van der Waals surface area contributed by atoms with Crippen LogP contribution in [0.15, 0.2) is 46.9 Å². The summed E-state index contributed by atoms with van der Waals surface area (Å²) in [6.45, 7) is 2.06. The van der Waals surface area contributed by atoms with Crippen molar-refractivity contribution in [3.63, 3.8) is 0 Å². The molecule has 2 aromatic carbocycles. The average molecular weight is 275 g/mol. The summed E-state index contributed by atoms with van der Waals surface area (Å²) in [5.41, 5.74) is 4.07. The second kappa shape index (κ2) is 4.62. The van der Waals surface area contributed by atoms with E-state index in [2.05, 4.69) is 35.0 Å². The molecule has 0 saturated carbocycles. The molecule has 0 spiro atoms. The largest absolute Gasteiger partial charge is 0.298 e. The molecule has 0 unspecified atom stereocenters. The standard InChI is InChI=1S/C14H11BrO/c1-10-3-2-4-12(7-10)13-8-11(9-16)5-6-14(13)15/h2-9H,1H3. The van der Waals surface area contributed by atoms with Crippen LogP contribution in [0.1, 0.15) is 15.9 Å². The van der Waals surface area contributed by atoms with Gasteiger partial charge in [0.1, 0.15) is 6.29 Å². The van der Waals surface area contributed by atoms with Crippen LogP contribution in [0.5, 0.6) is 0 Å². The number of aldehydes is 1. The Morgan fingerprint density at radius 3 is 2.62 bits per heavy atom. The molecule has 0 fully saturated rings. The third kappa shape index (κ3) is 2.22. The maximum atomic E-state index is 10.8. The van der Waals surface area contributed by atoms with Crippen molar-refractivity contribution < 1.29 is 4.79 Å². The van der Waals surface area contributed by atoms with Gasteiger partial charge in [0.15, 0.2) is 0 Å². The third-order valence-electron chi connectivity index (χ3n) is 2.46. The third-order valence-corrected chi connectivity index (χ3v) is 3.15. The van der Waals surface area contributed by atoms with E-state index in [-0.39, 0.29) is 0 Å². The number of hydrogen-bond donors (Lipinski definition) is 0. The molecule has 0 aliphatic rings. The molecule has 2 aromatic rings. The molecule has 16 heavy (non-hydrogen) atoms. The number of carbonyl (C=O) groups is 1. The Kier molecular flexibility index (Phi) is 3.20. The summed E-state index contributed by atoms with van der Waals surface area (Å²) in [5.74, 6) is 0. The van der Waals surface area contributed by atoms with Gasteiger partial charge in [0.2, 0.25) is 0 Å². The molecule has 0 aliphatic carbocycles. The lowest BCUT2D eigenvalue weighted by Crippen LogP contribution is -1.85. The van der Waals surface area contributed by atoms with Crippen molar-refractivity contribution in [1.82, 2.24) is 0 Å². The van der Waals surface area contributed by atoms with E-state index in [0.717, 1.165) is 21.9 Å². The average Bonchev–Trinajstić information content (AvgIpc) is 2.30. The van der Waals surface area contributed by atoms with Gasteiger partial charge >= 0.3 is 0 Å². The minimum Gasteiger partial charge on any atom is -0.298 e. The quantitative estimate of drug-likeness (QED) is 0.749. The number of rotatable bonds is 2. The van der Waals surface area contributed by atoms with Crippen LogP contribution >= 0.6 is 15.9 Å². The smallest absolute Gasteiger partial charge is 0.150 e. The van der Waals surface area contributed by atoms with E-state index >= 15 is 0 Å². The van der Waals surface area contributed by atoms with Crippen LogP contribution in [0.3, 0.4) is 0 Å². The zero-order valence-electron chi connectivity index (χ0n) is 8.91. The van der Waals surface area contributed by atoms with Gasteiger partial charge in [0.25, 0.3) is 0 Å². The summed E-state index contributed by atoms with van der Waals surface area (Å²) in [5, 5.41) is 0. The van der Waals surface area contributed by atoms with Gasteiger partial charge in [-0.05, 0) is 30.2 Å². The van der Waals surface area contributed by atoms with E-state index < -0.39 is 0 Å². The molecular formula is C14H11BrO. The summed E-state index contributed by atoms with van der Waals surface area (Å²) >= 11 is 3.50. The number of halogens is 1. The summed E-state index contributed by atoms with van der Waals surface area (Å²) in [4.78, 5) is 10.8. The lowest BCUT2D eigenvalue weighted by atomic mass is 10.0. The number of benzene rings is 2.